The summed E-state index contributed by atoms with van der Waals surface area (Å²) in [7, 11) is 0. The number of esters is 1. The van der Waals surface area contributed by atoms with Gasteiger partial charge in [0.05, 0.1) is 24.1 Å². The molecule has 3 aromatic rings. The van der Waals surface area contributed by atoms with Crippen molar-refractivity contribution >= 4 is 16.9 Å². The van der Waals surface area contributed by atoms with Crippen LogP contribution in [0.1, 0.15) is 12.5 Å². The number of aromatic nitrogens is 2. The molecule has 0 bridgehead atoms. The fraction of sp³-hybridized carbons (Fsp3) is 0.222. The minimum absolute atomic E-state index is 0.139. The van der Waals surface area contributed by atoms with Crippen molar-refractivity contribution in [3.8, 4) is 5.88 Å². The topological polar surface area (TPSA) is 53.4 Å². The lowest BCUT2D eigenvalue weighted by molar-refractivity contribution is -0.145. The zero-order valence-electron chi connectivity index (χ0n) is 12.9. The van der Waals surface area contributed by atoms with Crippen LogP contribution in [0.2, 0.25) is 0 Å². The Morgan fingerprint density at radius 1 is 1.09 bits per heavy atom. The Balaban J connectivity index is 1.86. The zero-order valence-corrected chi connectivity index (χ0v) is 12.9. The molecule has 5 nitrogen and oxygen atoms in total. The first kappa shape index (κ1) is 15.1. The monoisotopic (exact) mass is 310 g/mol. The Bertz CT molecular complexity index is 796. The molecule has 0 fully saturated rings. The van der Waals surface area contributed by atoms with Crippen LogP contribution in [0.25, 0.3) is 10.9 Å². The van der Waals surface area contributed by atoms with E-state index in [2.05, 4.69) is 17.2 Å². The molecule has 0 aliphatic carbocycles. The summed E-state index contributed by atoms with van der Waals surface area (Å²) in [4.78, 5) is 11.5. The Hall–Kier alpha value is -2.82. The lowest BCUT2D eigenvalue weighted by Gasteiger charge is -2.03. The molecule has 0 N–H and O–H groups in total. The van der Waals surface area contributed by atoms with Crippen LogP contribution in [-0.2, 0) is 16.1 Å². The first-order chi connectivity index (χ1) is 11.3. The highest BCUT2D eigenvalue weighted by atomic mass is 16.6. The third-order valence-electron chi connectivity index (χ3n) is 3.43. The van der Waals surface area contributed by atoms with Crippen LogP contribution in [-0.4, -0.2) is 29.0 Å². The van der Waals surface area contributed by atoms with Gasteiger partial charge in [-0.3, -0.25) is 4.68 Å². The lowest BCUT2D eigenvalue weighted by Crippen LogP contribution is -2.15. The molecule has 23 heavy (non-hydrogen) atoms. The Morgan fingerprint density at radius 2 is 1.83 bits per heavy atom. The number of hydrogen-bond acceptors (Lipinski definition) is 4. The molecule has 3 rings (SSSR count). The second kappa shape index (κ2) is 6.96. The first-order valence-corrected chi connectivity index (χ1v) is 7.56. The van der Waals surface area contributed by atoms with Crippen LogP contribution in [0.3, 0.4) is 0 Å². The molecule has 0 aliphatic rings. The Morgan fingerprint density at radius 3 is 2.61 bits per heavy atom. The lowest BCUT2D eigenvalue weighted by atomic mass is 10.2. The van der Waals surface area contributed by atoms with Gasteiger partial charge in [-0.25, -0.2) is 4.79 Å². The summed E-state index contributed by atoms with van der Waals surface area (Å²) < 4.78 is 12.3. The van der Waals surface area contributed by atoms with Crippen LogP contribution in [0.15, 0.2) is 54.6 Å². The van der Waals surface area contributed by atoms with E-state index in [4.69, 9.17) is 9.47 Å². The third-order valence-corrected chi connectivity index (χ3v) is 3.43. The highest BCUT2D eigenvalue weighted by Crippen LogP contribution is 2.25. The standard InChI is InChI=1S/C18H18N2O3/c1-2-22-17(21)13-23-18-15-10-6-7-11-16(15)20(19-18)12-14-8-4-3-5-9-14/h3-11H,2,12-13H2,1H3. The van der Waals surface area contributed by atoms with Crippen molar-refractivity contribution in [2.45, 2.75) is 13.5 Å². The minimum Gasteiger partial charge on any atom is -0.464 e. The second-order valence-corrected chi connectivity index (χ2v) is 5.06. The average Bonchev–Trinajstić information content (AvgIpc) is 2.92. The predicted molar refractivity (Wildman–Crippen MR) is 87.4 cm³/mol. The van der Waals surface area contributed by atoms with E-state index in [1.807, 2.05) is 47.1 Å². The van der Waals surface area contributed by atoms with E-state index >= 15 is 0 Å². The SMILES string of the molecule is CCOC(=O)COc1nn(Cc2ccccc2)c2ccccc12. The number of rotatable bonds is 6. The van der Waals surface area contributed by atoms with Crippen LogP contribution in [0.5, 0.6) is 5.88 Å². The van der Waals surface area contributed by atoms with Crippen molar-refractivity contribution in [3.63, 3.8) is 0 Å². The second-order valence-electron chi connectivity index (χ2n) is 5.06. The van der Waals surface area contributed by atoms with Gasteiger partial charge < -0.3 is 9.47 Å². The molecule has 0 aliphatic heterocycles. The van der Waals surface area contributed by atoms with Crippen LogP contribution < -0.4 is 4.74 Å². The summed E-state index contributed by atoms with van der Waals surface area (Å²) in [5.74, 6) is 0.0544. The number of fused-ring (bicyclic) bond motifs is 1. The molecule has 0 unspecified atom stereocenters. The molecule has 118 valence electrons. The summed E-state index contributed by atoms with van der Waals surface area (Å²) in [6, 6.07) is 17.9. The zero-order chi connectivity index (χ0) is 16.1. The predicted octanol–water partition coefficient (Wildman–Crippen LogP) is 3.03. The number of para-hydroxylation sites is 1. The number of ether oxygens (including phenoxy) is 2. The maximum atomic E-state index is 11.5. The molecule has 1 aromatic heterocycles. The van der Waals surface area contributed by atoms with E-state index < -0.39 is 5.97 Å². The van der Waals surface area contributed by atoms with Gasteiger partial charge in [0, 0.05) is 0 Å². The number of carbonyl (C=O) groups is 1. The van der Waals surface area contributed by atoms with Crippen molar-refractivity contribution in [1.82, 2.24) is 9.78 Å². The van der Waals surface area contributed by atoms with Gasteiger partial charge in [-0.15, -0.1) is 5.10 Å². The van der Waals surface area contributed by atoms with Gasteiger partial charge in [-0.2, -0.15) is 0 Å². The summed E-state index contributed by atoms with van der Waals surface area (Å²) in [6.07, 6.45) is 0. The van der Waals surface area contributed by atoms with Gasteiger partial charge in [0.2, 0.25) is 5.88 Å². The molecule has 0 atom stereocenters. The summed E-state index contributed by atoms with van der Waals surface area (Å²) >= 11 is 0. The van der Waals surface area contributed by atoms with Crippen LogP contribution in [0.4, 0.5) is 0 Å². The van der Waals surface area contributed by atoms with E-state index in [0.29, 0.717) is 19.0 Å². The molecular formula is C18H18N2O3. The van der Waals surface area contributed by atoms with E-state index in [-0.39, 0.29) is 6.61 Å². The number of benzene rings is 2. The molecule has 0 saturated heterocycles. The quantitative estimate of drug-likeness (QED) is 0.657. The average molecular weight is 310 g/mol. The van der Waals surface area contributed by atoms with E-state index in [9.17, 15) is 4.79 Å². The van der Waals surface area contributed by atoms with Crippen molar-refractivity contribution in [3.05, 3.63) is 60.2 Å². The number of nitrogens with zero attached hydrogens (tertiary/aromatic N) is 2. The van der Waals surface area contributed by atoms with E-state index in [0.717, 1.165) is 16.5 Å². The molecule has 1 heterocycles. The molecule has 5 heteroatoms. The molecule has 0 saturated carbocycles. The maximum absolute atomic E-state index is 11.5. The maximum Gasteiger partial charge on any atom is 0.344 e. The molecule has 0 radical (unpaired) electrons. The molecule has 0 amide bonds. The van der Waals surface area contributed by atoms with Gasteiger partial charge in [-0.1, -0.05) is 42.5 Å². The number of carbonyl (C=O) groups excluding carboxylic acids is 1. The van der Waals surface area contributed by atoms with Crippen molar-refractivity contribution in [1.29, 1.82) is 0 Å². The summed E-state index contributed by atoms with van der Waals surface area (Å²) in [6.45, 7) is 2.61. The fourth-order valence-electron chi connectivity index (χ4n) is 2.41. The summed E-state index contributed by atoms with van der Waals surface area (Å²) in [5.41, 5.74) is 2.12. The normalized spacial score (nSPS) is 10.7. The van der Waals surface area contributed by atoms with Gasteiger partial charge >= 0.3 is 5.97 Å². The van der Waals surface area contributed by atoms with E-state index in [1.165, 1.54) is 0 Å². The molecule has 2 aromatic carbocycles. The van der Waals surface area contributed by atoms with Crippen molar-refractivity contribution in [2.24, 2.45) is 0 Å². The highest BCUT2D eigenvalue weighted by molar-refractivity contribution is 5.85. The van der Waals surface area contributed by atoms with Gasteiger partial charge in [0.25, 0.3) is 0 Å². The van der Waals surface area contributed by atoms with Crippen LogP contribution in [0, 0.1) is 0 Å². The smallest absolute Gasteiger partial charge is 0.344 e. The van der Waals surface area contributed by atoms with Gasteiger partial charge in [-0.05, 0) is 24.6 Å². The van der Waals surface area contributed by atoms with Crippen molar-refractivity contribution < 1.29 is 14.3 Å². The molecule has 0 spiro atoms. The molecular weight excluding hydrogens is 292 g/mol. The third kappa shape index (κ3) is 3.51. The minimum atomic E-state index is -0.394. The van der Waals surface area contributed by atoms with Gasteiger partial charge in [0.15, 0.2) is 6.61 Å². The fourth-order valence-corrected chi connectivity index (χ4v) is 2.41. The summed E-state index contributed by atoms with van der Waals surface area (Å²) in [5, 5.41) is 5.39. The highest BCUT2D eigenvalue weighted by Gasteiger charge is 2.13. The van der Waals surface area contributed by atoms with Gasteiger partial charge in [0.1, 0.15) is 0 Å². The Labute approximate surface area is 134 Å². The Kier molecular flexibility index (Phi) is 4.57. The van der Waals surface area contributed by atoms with Crippen LogP contribution >= 0.6 is 0 Å². The number of hydrogen-bond donors (Lipinski definition) is 0. The largest absolute Gasteiger partial charge is 0.464 e. The van der Waals surface area contributed by atoms with E-state index in [1.54, 1.807) is 6.92 Å². The first-order valence-electron chi connectivity index (χ1n) is 7.56. The van der Waals surface area contributed by atoms with Crippen molar-refractivity contribution in [2.75, 3.05) is 13.2 Å².